The minimum Gasteiger partial charge on any atom is -0.497 e. The molecule has 0 bridgehead atoms. The zero-order valence-electron chi connectivity index (χ0n) is 20.1. The Morgan fingerprint density at radius 3 is 2.66 bits per heavy atom. The molecule has 1 unspecified atom stereocenters. The summed E-state index contributed by atoms with van der Waals surface area (Å²) in [6.07, 6.45) is 2.55. The van der Waals surface area contributed by atoms with Gasteiger partial charge in [0, 0.05) is 28.7 Å². The largest absolute Gasteiger partial charge is 0.497 e. The number of hydrogen-bond acceptors (Lipinski definition) is 6. The molecule has 9 heteroatoms. The van der Waals surface area contributed by atoms with Gasteiger partial charge in [-0.15, -0.1) is 0 Å². The molecule has 0 N–H and O–H groups in total. The number of amides is 2. The van der Waals surface area contributed by atoms with E-state index in [9.17, 15) is 9.59 Å². The lowest BCUT2D eigenvalue weighted by molar-refractivity contribution is -0.136. The van der Waals surface area contributed by atoms with Gasteiger partial charge in [0.2, 0.25) is 17.6 Å². The van der Waals surface area contributed by atoms with Crippen molar-refractivity contribution in [2.45, 2.75) is 45.2 Å². The number of ether oxygens (including phenoxy) is 1. The fraction of sp³-hybridized carbons (Fsp3) is 0.385. The molecule has 1 aromatic heterocycles. The van der Waals surface area contributed by atoms with Gasteiger partial charge in [0.25, 0.3) is 5.91 Å². The lowest BCUT2D eigenvalue weighted by atomic mass is 10.0. The molecule has 1 fully saturated rings. The van der Waals surface area contributed by atoms with Crippen LogP contribution < -0.4 is 4.74 Å². The molecule has 2 amide bonds. The number of nitrogens with zero attached hydrogens (tertiary/aromatic N) is 4. The van der Waals surface area contributed by atoms with E-state index in [-0.39, 0.29) is 30.4 Å². The quantitative estimate of drug-likeness (QED) is 0.457. The molecule has 2 aromatic carbocycles. The molecule has 1 saturated heterocycles. The maximum Gasteiger partial charge on any atom is 0.254 e. The number of rotatable bonds is 7. The van der Waals surface area contributed by atoms with Crippen LogP contribution in [0.1, 0.15) is 55.4 Å². The first-order chi connectivity index (χ1) is 16.9. The molecule has 1 atom stereocenters. The summed E-state index contributed by atoms with van der Waals surface area (Å²) in [4.78, 5) is 34.6. The molecule has 1 aliphatic rings. The van der Waals surface area contributed by atoms with E-state index < -0.39 is 0 Å². The fourth-order valence-electron chi connectivity index (χ4n) is 4.23. The topological polar surface area (TPSA) is 88.8 Å². The van der Waals surface area contributed by atoms with Gasteiger partial charge in [0.1, 0.15) is 18.3 Å². The van der Waals surface area contributed by atoms with Gasteiger partial charge in [-0.2, -0.15) is 4.98 Å². The zero-order valence-corrected chi connectivity index (χ0v) is 20.9. The van der Waals surface area contributed by atoms with Crippen LogP contribution in [0.25, 0.3) is 11.4 Å². The summed E-state index contributed by atoms with van der Waals surface area (Å²) in [6, 6.07) is 13.6. The molecule has 8 nitrogen and oxygen atoms in total. The van der Waals surface area contributed by atoms with E-state index in [1.807, 2.05) is 26.0 Å². The average molecular weight is 497 g/mol. The third kappa shape index (κ3) is 5.65. The van der Waals surface area contributed by atoms with Gasteiger partial charge in [0.15, 0.2) is 0 Å². The van der Waals surface area contributed by atoms with Crippen molar-refractivity contribution in [3.05, 3.63) is 65.0 Å². The highest BCUT2D eigenvalue weighted by atomic mass is 35.5. The second kappa shape index (κ2) is 10.9. The van der Waals surface area contributed by atoms with Gasteiger partial charge in [-0.1, -0.05) is 28.9 Å². The van der Waals surface area contributed by atoms with Gasteiger partial charge in [-0.05, 0) is 69.5 Å². The van der Waals surface area contributed by atoms with Gasteiger partial charge in [0.05, 0.1) is 7.11 Å². The summed E-state index contributed by atoms with van der Waals surface area (Å²) in [6.45, 7) is 4.34. The predicted octanol–water partition coefficient (Wildman–Crippen LogP) is 5.00. The Balaban J connectivity index is 1.52. The van der Waals surface area contributed by atoms with Gasteiger partial charge in [-0.25, -0.2) is 0 Å². The van der Waals surface area contributed by atoms with Gasteiger partial charge in [-0.3, -0.25) is 9.59 Å². The zero-order chi connectivity index (χ0) is 24.9. The van der Waals surface area contributed by atoms with Crippen LogP contribution in [0.5, 0.6) is 5.75 Å². The molecule has 1 aliphatic heterocycles. The molecule has 184 valence electrons. The first-order valence-corrected chi connectivity index (χ1v) is 12.1. The third-order valence-electron chi connectivity index (χ3n) is 6.16. The number of benzene rings is 2. The third-order valence-corrected chi connectivity index (χ3v) is 6.39. The smallest absolute Gasteiger partial charge is 0.254 e. The second-order valence-electron chi connectivity index (χ2n) is 8.82. The van der Waals surface area contributed by atoms with Crippen LogP contribution in [0.4, 0.5) is 0 Å². The lowest BCUT2D eigenvalue weighted by Crippen LogP contribution is -2.48. The van der Waals surface area contributed by atoms with E-state index in [0.29, 0.717) is 34.6 Å². The average Bonchev–Trinajstić information content (AvgIpc) is 3.37. The monoisotopic (exact) mass is 496 g/mol. The standard InChI is InChI=1S/C26H29ClN4O4/c1-17(2)31(26(33)18-10-12-21(34-3)13-11-18)16-23(32)30-14-5-4-9-22(30)25-28-24(29-35-25)19-7-6-8-20(27)15-19/h6-8,10-13,15,17,22H,4-5,9,14,16H2,1-3H3. The van der Waals surface area contributed by atoms with E-state index >= 15 is 0 Å². The maximum atomic E-state index is 13.5. The summed E-state index contributed by atoms with van der Waals surface area (Å²) in [5.41, 5.74) is 1.25. The molecular weight excluding hydrogens is 468 g/mol. The first-order valence-electron chi connectivity index (χ1n) is 11.7. The Kier molecular flexibility index (Phi) is 7.70. The lowest BCUT2D eigenvalue weighted by Gasteiger charge is -2.36. The summed E-state index contributed by atoms with van der Waals surface area (Å²) in [5.74, 6) is 1.14. The number of carbonyl (C=O) groups is 2. The number of aromatic nitrogens is 2. The van der Waals surface area contributed by atoms with Crippen molar-refractivity contribution in [3.63, 3.8) is 0 Å². The van der Waals surface area contributed by atoms with Crippen molar-refractivity contribution < 1.29 is 18.8 Å². The number of carbonyl (C=O) groups excluding carboxylic acids is 2. The minimum atomic E-state index is -0.332. The van der Waals surface area contributed by atoms with E-state index in [0.717, 1.165) is 24.8 Å². The summed E-state index contributed by atoms with van der Waals surface area (Å²) in [5, 5.41) is 4.69. The van der Waals surface area contributed by atoms with Crippen LogP contribution in [0.2, 0.25) is 5.02 Å². The highest BCUT2D eigenvalue weighted by Crippen LogP contribution is 2.32. The molecule has 3 aromatic rings. The number of halogens is 1. The second-order valence-corrected chi connectivity index (χ2v) is 9.26. The Hall–Kier alpha value is -3.39. The van der Waals surface area contributed by atoms with Crippen LogP contribution in [0.15, 0.2) is 53.1 Å². The molecule has 2 heterocycles. The molecule has 4 rings (SSSR count). The molecule has 0 aliphatic carbocycles. The Morgan fingerprint density at radius 1 is 1.20 bits per heavy atom. The number of methoxy groups -OCH3 is 1. The Labute approximate surface area is 209 Å². The fourth-order valence-corrected chi connectivity index (χ4v) is 4.42. The SMILES string of the molecule is COc1ccc(C(=O)N(CC(=O)N2CCCCC2c2nc(-c3cccc(Cl)c3)no2)C(C)C)cc1. The van der Waals surface area contributed by atoms with E-state index in [2.05, 4.69) is 10.1 Å². The van der Waals surface area contributed by atoms with Crippen LogP contribution in [-0.2, 0) is 4.79 Å². The molecule has 0 radical (unpaired) electrons. The van der Waals surface area contributed by atoms with Gasteiger partial charge < -0.3 is 19.1 Å². The van der Waals surface area contributed by atoms with Gasteiger partial charge >= 0.3 is 0 Å². The maximum absolute atomic E-state index is 13.5. The highest BCUT2D eigenvalue weighted by Gasteiger charge is 2.34. The predicted molar refractivity (Wildman–Crippen MR) is 132 cm³/mol. The molecule has 0 saturated carbocycles. The van der Waals surface area contributed by atoms with Crippen LogP contribution >= 0.6 is 11.6 Å². The van der Waals surface area contributed by atoms with E-state index in [1.165, 1.54) is 0 Å². The van der Waals surface area contributed by atoms with Crippen LogP contribution in [0, 0.1) is 0 Å². The molecule has 0 spiro atoms. The number of hydrogen-bond donors (Lipinski definition) is 0. The van der Waals surface area contributed by atoms with E-state index in [4.69, 9.17) is 20.9 Å². The highest BCUT2D eigenvalue weighted by molar-refractivity contribution is 6.30. The van der Waals surface area contributed by atoms with E-state index in [1.54, 1.807) is 53.3 Å². The Bertz CT molecular complexity index is 1180. The van der Waals surface area contributed by atoms with Crippen molar-refractivity contribution >= 4 is 23.4 Å². The van der Waals surface area contributed by atoms with Crippen LogP contribution in [0.3, 0.4) is 0 Å². The molecular formula is C26H29ClN4O4. The Morgan fingerprint density at radius 2 is 1.97 bits per heavy atom. The van der Waals surface area contributed by atoms with Crippen molar-refractivity contribution in [1.29, 1.82) is 0 Å². The normalized spacial score (nSPS) is 15.8. The van der Waals surface area contributed by atoms with Crippen molar-refractivity contribution in [3.8, 4) is 17.1 Å². The summed E-state index contributed by atoms with van der Waals surface area (Å²) >= 11 is 6.10. The molecule has 35 heavy (non-hydrogen) atoms. The van der Waals surface area contributed by atoms with Crippen molar-refractivity contribution in [1.82, 2.24) is 19.9 Å². The first kappa shape index (κ1) is 24.7. The van der Waals surface area contributed by atoms with Crippen molar-refractivity contribution in [2.75, 3.05) is 20.2 Å². The minimum absolute atomic E-state index is 0.0334. The number of piperidine rings is 1. The summed E-state index contributed by atoms with van der Waals surface area (Å²) < 4.78 is 10.8. The van der Waals surface area contributed by atoms with Crippen LogP contribution in [-0.4, -0.2) is 58.0 Å². The summed E-state index contributed by atoms with van der Waals surface area (Å²) in [7, 11) is 1.58. The van der Waals surface area contributed by atoms with Crippen molar-refractivity contribution in [2.24, 2.45) is 0 Å². The number of likely N-dealkylation sites (tertiary alicyclic amines) is 1.